The smallest absolute Gasteiger partial charge is 0.255 e. The molecule has 3 N–H and O–H groups in total. The lowest BCUT2D eigenvalue weighted by Gasteiger charge is -2.31. The Morgan fingerprint density at radius 3 is 2.03 bits per heavy atom. The molecule has 2 amide bonds. The van der Waals surface area contributed by atoms with Crippen molar-refractivity contribution < 1.29 is 9.59 Å². The fraction of sp³-hybridized carbons (Fsp3) is 0.300. The van der Waals surface area contributed by atoms with E-state index in [0.717, 1.165) is 60.0 Å². The Morgan fingerprint density at radius 1 is 0.821 bits per heavy atom. The first-order chi connectivity index (χ1) is 18.8. The monoisotopic (exact) mass is 525 g/mol. The minimum Gasteiger partial charge on any atom is -0.378 e. The van der Waals surface area contributed by atoms with Gasteiger partial charge in [0.15, 0.2) is 0 Å². The molecule has 0 spiro atoms. The maximum absolute atomic E-state index is 12.8. The third-order valence-electron chi connectivity index (χ3n) is 7.19. The third kappa shape index (κ3) is 5.98. The summed E-state index contributed by atoms with van der Waals surface area (Å²) in [5, 5.41) is 6.03. The van der Waals surface area contributed by atoms with Crippen LogP contribution in [0.25, 0.3) is 11.0 Å². The second-order valence-corrected chi connectivity index (χ2v) is 10.4. The van der Waals surface area contributed by atoms with Crippen molar-refractivity contribution in [1.82, 2.24) is 9.97 Å². The van der Waals surface area contributed by atoms with Crippen LogP contribution in [0.2, 0.25) is 0 Å². The van der Waals surface area contributed by atoms with Crippen LogP contribution < -0.4 is 25.3 Å². The fourth-order valence-electron chi connectivity index (χ4n) is 4.78. The lowest BCUT2D eigenvalue weighted by molar-refractivity contribution is -0.120. The highest BCUT2D eigenvalue weighted by molar-refractivity contribution is 6.05. The van der Waals surface area contributed by atoms with Gasteiger partial charge in [-0.25, -0.2) is 4.98 Å². The number of hydrogen-bond donors (Lipinski definition) is 3. The Bertz CT molecular complexity index is 1450. The van der Waals surface area contributed by atoms with Gasteiger partial charge in [-0.15, -0.1) is 0 Å². The maximum Gasteiger partial charge on any atom is 0.255 e. The summed E-state index contributed by atoms with van der Waals surface area (Å²) in [7, 11) is 7.92. The van der Waals surface area contributed by atoms with Gasteiger partial charge >= 0.3 is 0 Å². The summed E-state index contributed by atoms with van der Waals surface area (Å²) in [5.41, 5.74) is 5.94. The zero-order valence-corrected chi connectivity index (χ0v) is 22.9. The molecule has 1 aliphatic rings. The Balaban J connectivity index is 1.18. The molecule has 4 aromatic rings. The van der Waals surface area contributed by atoms with Gasteiger partial charge in [-0.05, 0) is 79.6 Å². The molecule has 5 rings (SSSR count). The zero-order chi connectivity index (χ0) is 27.5. The van der Waals surface area contributed by atoms with Gasteiger partial charge in [0.05, 0.1) is 11.0 Å². The molecule has 9 nitrogen and oxygen atoms in total. The van der Waals surface area contributed by atoms with Crippen molar-refractivity contribution in [3.8, 4) is 0 Å². The maximum atomic E-state index is 12.8. The van der Waals surface area contributed by atoms with Crippen LogP contribution in [0.4, 0.5) is 28.7 Å². The van der Waals surface area contributed by atoms with Crippen LogP contribution >= 0.6 is 0 Å². The zero-order valence-electron chi connectivity index (χ0n) is 22.9. The highest BCUT2D eigenvalue weighted by Gasteiger charge is 2.26. The topological polar surface area (TPSA) is 96.6 Å². The highest BCUT2D eigenvalue weighted by Crippen LogP contribution is 2.26. The number of aromatic nitrogens is 2. The summed E-state index contributed by atoms with van der Waals surface area (Å²) in [4.78, 5) is 39.9. The van der Waals surface area contributed by atoms with Gasteiger partial charge in [-0.3, -0.25) is 9.59 Å². The average Bonchev–Trinajstić information content (AvgIpc) is 3.37. The lowest BCUT2D eigenvalue weighted by Crippen LogP contribution is -2.38. The molecule has 39 heavy (non-hydrogen) atoms. The Hall–Kier alpha value is -4.53. The number of H-pyrrole nitrogens is 1. The summed E-state index contributed by atoms with van der Waals surface area (Å²) < 4.78 is 0. The summed E-state index contributed by atoms with van der Waals surface area (Å²) in [5.74, 6) is 0.653. The van der Waals surface area contributed by atoms with E-state index in [9.17, 15) is 9.59 Å². The summed E-state index contributed by atoms with van der Waals surface area (Å²) >= 11 is 0. The number of aromatic amines is 1. The molecule has 0 bridgehead atoms. The van der Waals surface area contributed by atoms with Crippen LogP contribution in [0, 0.1) is 5.92 Å². The van der Waals surface area contributed by atoms with E-state index in [1.807, 2.05) is 105 Å². The third-order valence-corrected chi connectivity index (χ3v) is 7.19. The van der Waals surface area contributed by atoms with Gasteiger partial charge in [0.25, 0.3) is 5.91 Å². The van der Waals surface area contributed by atoms with Crippen molar-refractivity contribution in [2.45, 2.75) is 12.8 Å². The molecule has 9 heteroatoms. The molecule has 1 aromatic heterocycles. The number of fused-ring (bicyclic) bond motifs is 1. The number of imidazole rings is 1. The van der Waals surface area contributed by atoms with E-state index in [1.165, 1.54) is 0 Å². The number of carbonyl (C=O) groups is 2. The van der Waals surface area contributed by atoms with Crippen LogP contribution in [-0.4, -0.2) is 63.1 Å². The quantitative estimate of drug-likeness (QED) is 0.321. The molecule has 0 aliphatic carbocycles. The molecule has 1 fully saturated rings. The van der Waals surface area contributed by atoms with Crippen molar-refractivity contribution in [3.05, 3.63) is 72.3 Å². The van der Waals surface area contributed by atoms with Crippen molar-refractivity contribution in [1.29, 1.82) is 0 Å². The fourth-order valence-corrected chi connectivity index (χ4v) is 4.78. The molecule has 2 heterocycles. The Morgan fingerprint density at radius 2 is 1.41 bits per heavy atom. The minimum absolute atomic E-state index is 0.0345. The first kappa shape index (κ1) is 26.1. The standard InChI is InChI=1S/C30H35N7O2/c1-35(2)24-10-5-20(6-11-24)28(38)32-23-9-14-26-27(19-23)34-30(33-26)37-17-15-21(16-18-37)29(39)31-22-7-12-25(13-8-22)36(3)4/h5-14,19,21H,15-18H2,1-4H3,(H,31,39)(H,32,38)(H,33,34). The van der Waals surface area contributed by atoms with Crippen LogP contribution in [0.1, 0.15) is 23.2 Å². The van der Waals surface area contributed by atoms with E-state index >= 15 is 0 Å². The normalized spacial score (nSPS) is 13.8. The molecule has 0 atom stereocenters. The van der Waals surface area contributed by atoms with Crippen LogP contribution in [0.3, 0.4) is 0 Å². The largest absolute Gasteiger partial charge is 0.378 e. The summed E-state index contributed by atoms with van der Waals surface area (Å²) in [6.45, 7) is 1.48. The number of benzene rings is 3. The van der Waals surface area contributed by atoms with E-state index in [2.05, 4.69) is 20.5 Å². The summed E-state index contributed by atoms with van der Waals surface area (Å²) in [6.07, 6.45) is 1.51. The highest BCUT2D eigenvalue weighted by atomic mass is 16.2. The lowest BCUT2D eigenvalue weighted by atomic mass is 9.96. The average molecular weight is 526 g/mol. The van der Waals surface area contributed by atoms with Crippen LogP contribution in [0.5, 0.6) is 0 Å². The number of nitrogens with zero attached hydrogens (tertiary/aromatic N) is 4. The van der Waals surface area contributed by atoms with Gasteiger partial charge in [-0.2, -0.15) is 0 Å². The second-order valence-electron chi connectivity index (χ2n) is 10.4. The number of rotatable bonds is 7. The van der Waals surface area contributed by atoms with Crippen LogP contribution in [0.15, 0.2) is 66.7 Å². The molecular weight excluding hydrogens is 490 g/mol. The number of nitrogens with one attached hydrogen (secondary N) is 3. The number of amides is 2. The van der Waals surface area contributed by atoms with Gasteiger partial charge < -0.3 is 30.3 Å². The molecule has 3 aromatic carbocycles. The minimum atomic E-state index is -0.159. The van der Waals surface area contributed by atoms with E-state index in [4.69, 9.17) is 4.98 Å². The molecular formula is C30H35N7O2. The molecule has 1 aliphatic heterocycles. The first-order valence-electron chi connectivity index (χ1n) is 13.2. The van der Waals surface area contributed by atoms with Crippen molar-refractivity contribution in [2.24, 2.45) is 5.92 Å². The van der Waals surface area contributed by atoms with E-state index in [-0.39, 0.29) is 17.7 Å². The van der Waals surface area contributed by atoms with E-state index < -0.39 is 0 Å². The van der Waals surface area contributed by atoms with Crippen molar-refractivity contribution in [3.63, 3.8) is 0 Å². The Labute approximate surface area is 228 Å². The van der Waals surface area contributed by atoms with Gasteiger partial charge in [0.2, 0.25) is 11.9 Å². The number of hydrogen-bond acceptors (Lipinski definition) is 6. The summed E-state index contributed by atoms with van der Waals surface area (Å²) in [6, 6.07) is 21.0. The second kappa shape index (κ2) is 11.1. The predicted molar refractivity (Wildman–Crippen MR) is 159 cm³/mol. The van der Waals surface area contributed by atoms with E-state index in [0.29, 0.717) is 11.3 Å². The van der Waals surface area contributed by atoms with Crippen molar-refractivity contribution in [2.75, 3.05) is 66.6 Å². The van der Waals surface area contributed by atoms with E-state index in [1.54, 1.807) is 0 Å². The van der Waals surface area contributed by atoms with Gasteiger partial charge in [0.1, 0.15) is 0 Å². The SMILES string of the molecule is CN(C)c1ccc(NC(=O)C2CCN(c3nc4ccc(NC(=O)c5ccc(N(C)C)cc5)cc4[nH]3)CC2)cc1. The predicted octanol–water partition coefficient (Wildman–Crippen LogP) is 4.80. The van der Waals surface area contributed by atoms with Gasteiger partial charge in [-0.1, -0.05) is 0 Å². The number of piperidine rings is 1. The first-order valence-corrected chi connectivity index (χ1v) is 13.2. The molecule has 0 radical (unpaired) electrons. The number of carbonyl (C=O) groups excluding carboxylic acids is 2. The molecule has 1 saturated heterocycles. The Kier molecular flexibility index (Phi) is 7.40. The van der Waals surface area contributed by atoms with Gasteiger partial charge in [0, 0.05) is 75.5 Å². The van der Waals surface area contributed by atoms with Crippen LogP contribution in [-0.2, 0) is 4.79 Å². The molecule has 202 valence electrons. The van der Waals surface area contributed by atoms with Crippen molar-refractivity contribution >= 4 is 51.5 Å². The molecule has 0 unspecified atom stereocenters. The molecule has 0 saturated carbocycles. The number of anilines is 5.